The molecule has 148 valence electrons. The van der Waals surface area contributed by atoms with Gasteiger partial charge in [0.25, 0.3) is 5.56 Å². The Labute approximate surface area is 169 Å². The first-order valence-corrected chi connectivity index (χ1v) is 10.5. The molecule has 29 heavy (non-hydrogen) atoms. The molecule has 4 aromatic rings. The summed E-state index contributed by atoms with van der Waals surface area (Å²) < 4.78 is 11.6. The van der Waals surface area contributed by atoms with Crippen molar-refractivity contribution in [3.63, 3.8) is 0 Å². The van der Waals surface area contributed by atoms with Crippen LogP contribution in [-0.4, -0.2) is 24.5 Å². The highest BCUT2D eigenvalue weighted by Crippen LogP contribution is 2.32. The van der Waals surface area contributed by atoms with Crippen molar-refractivity contribution in [3.8, 4) is 0 Å². The van der Waals surface area contributed by atoms with Gasteiger partial charge in [-0.25, -0.2) is 0 Å². The predicted octanol–water partition coefficient (Wildman–Crippen LogP) is 5.31. The minimum atomic E-state index is -0.0470. The Balaban J connectivity index is 1.54. The molecule has 0 bridgehead atoms. The molecule has 1 saturated heterocycles. The van der Waals surface area contributed by atoms with Crippen LogP contribution in [0.25, 0.3) is 32.4 Å². The van der Waals surface area contributed by atoms with Crippen LogP contribution in [-0.2, 0) is 15.9 Å². The zero-order valence-electron chi connectivity index (χ0n) is 16.4. The minimum Gasteiger partial charge on any atom is -0.353 e. The topological polar surface area (TPSA) is 51.3 Å². The highest BCUT2D eigenvalue weighted by molar-refractivity contribution is 6.16. The highest BCUT2D eigenvalue weighted by atomic mass is 16.7. The van der Waals surface area contributed by atoms with Crippen LogP contribution >= 0.6 is 0 Å². The van der Waals surface area contributed by atoms with Gasteiger partial charge in [-0.1, -0.05) is 48.5 Å². The van der Waals surface area contributed by atoms with E-state index in [0.29, 0.717) is 6.61 Å². The molecular formula is C25H25NO3. The van der Waals surface area contributed by atoms with Gasteiger partial charge in [-0.05, 0) is 54.5 Å². The van der Waals surface area contributed by atoms with Crippen LogP contribution in [0.5, 0.6) is 0 Å². The molecule has 1 aliphatic heterocycles. The average Bonchev–Trinajstić information content (AvgIpc) is 2.77. The zero-order chi connectivity index (χ0) is 19.6. The second-order valence-corrected chi connectivity index (χ2v) is 7.78. The number of rotatable bonds is 5. The van der Waals surface area contributed by atoms with Gasteiger partial charge in [0, 0.05) is 22.8 Å². The van der Waals surface area contributed by atoms with E-state index in [1.807, 2.05) is 30.3 Å². The van der Waals surface area contributed by atoms with Crippen molar-refractivity contribution >= 4 is 32.4 Å². The number of pyridine rings is 1. The molecule has 0 amide bonds. The summed E-state index contributed by atoms with van der Waals surface area (Å²) in [6.45, 7) is 1.49. The van der Waals surface area contributed by atoms with Gasteiger partial charge < -0.3 is 14.5 Å². The van der Waals surface area contributed by atoms with E-state index in [-0.39, 0.29) is 11.8 Å². The van der Waals surface area contributed by atoms with Gasteiger partial charge in [0.15, 0.2) is 6.29 Å². The molecular weight excluding hydrogens is 362 g/mol. The largest absolute Gasteiger partial charge is 0.353 e. The second kappa shape index (κ2) is 7.97. The lowest BCUT2D eigenvalue weighted by Gasteiger charge is -2.22. The van der Waals surface area contributed by atoms with Crippen LogP contribution in [0.1, 0.15) is 31.2 Å². The van der Waals surface area contributed by atoms with Crippen molar-refractivity contribution in [2.24, 2.45) is 0 Å². The number of hydrogen-bond acceptors (Lipinski definition) is 3. The first kappa shape index (κ1) is 18.3. The third-order valence-corrected chi connectivity index (χ3v) is 5.84. The number of aryl methyl sites for hydroxylation is 1. The summed E-state index contributed by atoms with van der Waals surface area (Å²) in [6.07, 6.45) is 5.07. The Morgan fingerprint density at radius 2 is 1.79 bits per heavy atom. The standard InChI is InChI=1S/C25H25NO3/c27-25-21-12-4-3-11-20(21)23-18(9-7-15-29-22-13-5-6-14-28-22)16-17-8-1-2-10-19(17)24(23)26-25/h1-4,8,10-12,16,22H,5-7,9,13-15H2,(H,26,27). The molecule has 1 unspecified atom stereocenters. The van der Waals surface area contributed by atoms with E-state index in [1.54, 1.807) is 0 Å². The van der Waals surface area contributed by atoms with Gasteiger partial charge in [0.2, 0.25) is 0 Å². The van der Waals surface area contributed by atoms with Gasteiger partial charge in [0.05, 0.1) is 12.1 Å². The number of fused-ring (bicyclic) bond motifs is 5. The first-order valence-electron chi connectivity index (χ1n) is 10.5. The Morgan fingerprint density at radius 3 is 2.62 bits per heavy atom. The fraction of sp³-hybridized carbons (Fsp3) is 0.320. The predicted molar refractivity (Wildman–Crippen MR) is 117 cm³/mol. The van der Waals surface area contributed by atoms with Crippen molar-refractivity contribution in [1.29, 1.82) is 0 Å². The fourth-order valence-corrected chi connectivity index (χ4v) is 4.44. The number of hydrogen-bond donors (Lipinski definition) is 1. The van der Waals surface area contributed by atoms with Crippen molar-refractivity contribution in [2.45, 2.75) is 38.4 Å². The lowest BCUT2D eigenvalue weighted by Crippen LogP contribution is -2.22. The van der Waals surface area contributed by atoms with E-state index in [1.165, 1.54) is 12.0 Å². The van der Waals surface area contributed by atoms with Crippen molar-refractivity contribution in [2.75, 3.05) is 13.2 Å². The Kier molecular flexibility index (Phi) is 5.04. The third kappa shape index (κ3) is 3.54. The number of H-pyrrole nitrogens is 1. The van der Waals surface area contributed by atoms with Crippen LogP contribution in [0.15, 0.2) is 59.4 Å². The molecule has 3 aromatic carbocycles. The molecule has 0 radical (unpaired) electrons. The molecule has 1 aromatic heterocycles. The fourth-order valence-electron chi connectivity index (χ4n) is 4.44. The highest BCUT2D eigenvalue weighted by Gasteiger charge is 2.15. The van der Waals surface area contributed by atoms with Crippen LogP contribution in [0, 0.1) is 0 Å². The number of nitrogens with one attached hydrogen (secondary N) is 1. The number of aromatic nitrogens is 1. The molecule has 2 heterocycles. The molecule has 0 spiro atoms. The molecule has 4 heteroatoms. The molecule has 1 atom stereocenters. The van der Waals surface area contributed by atoms with Gasteiger partial charge in [0.1, 0.15) is 0 Å². The zero-order valence-corrected chi connectivity index (χ0v) is 16.4. The molecule has 4 nitrogen and oxygen atoms in total. The quantitative estimate of drug-likeness (QED) is 0.373. The van der Waals surface area contributed by atoms with E-state index < -0.39 is 0 Å². The molecule has 1 fully saturated rings. The SMILES string of the molecule is O=c1[nH]c2c3ccccc3cc(CCCOC3CCCCO3)c2c2ccccc12. The van der Waals surface area contributed by atoms with Crippen LogP contribution < -0.4 is 5.56 Å². The number of aromatic amines is 1. The maximum absolute atomic E-state index is 12.7. The van der Waals surface area contributed by atoms with Crippen molar-refractivity contribution < 1.29 is 9.47 Å². The Hall–Kier alpha value is -2.69. The smallest absolute Gasteiger partial charge is 0.256 e. The first-order chi connectivity index (χ1) is 14.3. The normalized spacial score (nSPS) is 17.3. The summed E-state index contributed by atoms with van der Waals surface area (Å²) in [5.74, 6) is 0. The van der Waals surface area contributed by atoms with Crippen molar-refractivity contribution in [3.05, 3.63) is 70.5 Å². The summed E-state index contributed by atoms with van der Waals surface area (Å²) in [5, 5.41) is 5.14. The van der Waals surface area contributed by atoms with Gasteiger partial charge in [-0.15, -0.1) is 0 Å². The van der Waals surface area contributed by atoms with Crippen LogP contribution in [0.4, 0.5) is 0 Å². The van der Waals surface area contributed by atoms with E-state index in [0.717, 1.165) is 64.7 Å². The minimum absolute atomic E-state index is 0.0341. The second-order valence-electron chi connectivity index (χ2n) is 7.78. The maximum Gasteiger partial charge on any atom is 0.256 e. The number of ether oxygens (including phenoxy) is 2. The van der Waals surface area contributed by atoms with E-state index in [2.05, 4.69) is 29.2 Å². The van der Waals surface area contributed by atoms with Gasteiger partial charge in [-0.3, -0.25) is 4.79 Å². The van der Waals surface area contributed by atoms with Gasteiger partial charge in [-0.2, -0.15) is 0 Å². The van der Waals surface area contributed by atoms with Crippen LogP contribution in [0.2, 0.25) is 0 Å². The maximum atomic E-state index is 12.7. The summed E-state index contributed by atoms with van der Waals surface area (Å²) in [7, 11) is 0. The summed E-state index contributed by atoms with van der Waals surface area (Å²) in [4.78, 5) is 15.8. The van der Waals surface area contributed by atoms with E-state index in [4.69, 9.17) is 9.47 Å². The summed E-state index contributed by atoms with van der Waals surface area (Å²) in [6, 6.07) is 18.4. The monoisotopic (exact) mass is 387 g/mol. The van der Waals surface area contributed by atoms with E-state index in [9.17, 15) is 4.79 Å². The Morgan fingerprint density at radius 1 is 1.00 bits per heavy atom. The molecule has 5 rings (SSSR count). The number of benzene rings is 3. The molecule has 0 aliphatic carbocycles. The third-order valence-electron chi connectivity index (χ3n) is 5.84. The van der Waals surface area contributed by atoms with Gasteiger partial charge >= 0.3 is 0 Å². The molecule has 1 aliphatic rings. The van der Waals surface area contributed by atoms with Crippen LogP contribution in [0.3, 0.4) is 0 Å². The van der Waals surface area contributed by atoms with E-state index >= 15 is 0 Å². The Bertz CT molecular complexity index is 1220. The molecule has 0 saturated carbocycles. The average molecular weight is 387 g/mol. The lowest BCUT2D eigenvalue weighted by atomic mass is 9.94. The summed E-state index contributed by atoms with van der Waals surface area (Å²) >= 11 is 0. The van der Waals surface area contributed by atoms with Crippen molar-refractivity contribution in [1.82, 2.24) is 4.98 Å². The summed E-state index contributed by atoms with van der Waals surface area (Å²) in [5.41, 5.74) is 2.14. The molecule has 1 N–H and O–H groups in total. The lowest BCUT2D eigenvalue weighted by molar-refractivity contribution is -0.162.